The molecule has 0 saturated heterocycles. The summed E-state index contributed by atoms with van der Waals surface area (Å²) in [6.45, 7) is 4.60. The lowest BCUT2D eigenvalue weighted by atomic mass is 9.81. The first-order valence-corrected chi connectivity index (χ1v) is 11.4. The average Bonchev–Trinajstić information content (AvgIpc) is 3.05. The summed E-state index contributed by atoms with van der Waals surface area (Å²) < 4.78 is 2.31. The minimum Gasteiger partial charge on any atom is -0.311 e. The van der Waals surface area contributed by atoms with Crippen LogP contribution >= 0.6 is 0 Å². The van der Waals surface area contributed by atoms with Crippen LogP contribution in [0.1, 0.15) is 25.0 Å². The molecule has 0 amide bonds. The molecule has 0 aromatic heterocycles. The molecule has 2 heteroatoms. The smallest absolute Gasteiger partial charge is 0.209 e. The molecule has 1 aliphatic rings. The van der Waals surface area contributed by atoms with Crippen LogP contribution in [0.4, 0.5) is 22.7 Å². The largest absolute Gasteiger partial charge is 0.311 e. The first-order valence-electron chi connectivity index (χ1n) is 11.4. The van der Waals surface area contributed by atoms with Crippen LogP contribution in [0.3, 0.4) is 0 Å². The molecule has 5 rings (SSSR count). The van der Waals surface area contributed by atoms with Gasteiger partial charge in [0, 0.05) is 34.8 Å². The number of benzene rings is 4. The molecule has 0 fully saturated rings. The van der Waals surface area contributed by atoms with Crippen LogP contribution in [0, 0.1) is 0 Å². The van der Waals surface area contributed by atoms with E-state index in [0.29, 0.717) is 0 Å². The molecule has 33 heavy (non-hydrogen) atoms. The summed E-state index contributed by atoms with van der Waals surface area (Å²) in [6, 6.07) is 38.5. The number of hydrogen-bond acceptors (Lipinski definition) is 1. The molecule has 2 nitrogen and oxygen atoms in total. The van der Waals surface area contributed by atoms with Crippen molar-refractivity contribution in [1.82, 2.24) is 0 Å². The maximum absolute atomic E-state index is 2.31. The zero-order valence-electron chi connectivity index (χ0n) is 19.4. The first-order chi connectivity index (χ1) is 16.1. The van der Waals surface area contributed by atoms with Crippen LogP contribution in [-0.2, 0) is 5.41 Å². The Morgan fingerprint density at radius 3 is 1.70 bits per heavy atom. The van der Waals surface area contributed by atoms with E-state index in [1.807, 2.05) is 0 Å². The van der Waals surface area contributed by atoms with Crippen LogP contribution in [0.2, 0.25) is 0 Å². The molecule has 1 heterocycles. The van der Waals surface area contributed by atoms with E-state index in [1.165, 1.54) is 22.5 Å². The van der Waals surface area contributed by atoms with E-state index in [4.69, 9.17) is 0 Å². The van der Waals surface area contributed by atoms with Gasteiger partial charge in [-0.1, -0.05) is 66.7 Å². The quantitative estimate of drug-likeness (QED) is 0.292. The number of rotatable bonds is 5. The van der Waals surface area contributed by atoms with Crippen molar-refractivity contribution in [1.29, 1.82) is 0 Å². The van der Waals surface area contributed by atoms with Gasteiger partial charge in [0.1, 0.15) is 7.05 Å². The van der Waals surface area contributed by atoms with Crippen molar-refractivity contribution < 1.29 is 4.58 Å². The van der Waals surface area contributed by atoms with E-state index in [1.54, 1.807) is 0 Å². The van der Waals surface area contributed by atoms with Crippen molar-refractivity contribution in [2.24, 2.45) is 0 Å². The molecule has 0 aliphatic carbocycles. The van der Waals surface area contributed by atoms with Gasteiger partial charge >= 0.3 is 0 Å². The molecular weight excluding hydrogens is 400 g/mol. The van der Waals surface area contributed by atoms with Crippen LogP contribution in [-0.4, -0.2) is 17.3 Å². The summed E-state index contributed by atoms with van der Waals surface area (Å²) in [5.41, 5.74) is 8.59. The SMILES string of the molecule is C[N+]1=C(/C=C/c2ccc(N(c3ccccc3)c3ccccc3)cc2)C(C)(C)c2ccccc21. The Kier molecular flexibility index (Phi) is 5.43. The van der Waals surface area contributed by atoms with Crippen molar-refractivity contribution in [2.45, 2.75) is 19.3 Å². The lowest BCUT2D eigenvalue weighted by molar-refractivity contribution is -0.401. The predicted molar refractivity (Wildman–Crippen MR) is 140 cm³/mol. The molecule has 162 valence electrons. The minimum absolute atomic E-state index is 0.0147. The van der Waals surface area contributed by atoms with Gasteiger partial charge in [-0.2, -0.15) is 4.58 Å². The Morgan fingerprint density at radius 1 is 0.606 bits per heavy atom. The second kappa shape index (κ2) is 8.55. The summed E-state index contributed by atoms with van der Waals surface area (Å²) in [5, 5.41) is 0. The minimum atomic E-state index is -0.0147. The lowest BCUT2D eigenvalue weighted by Crippen LogP contribution is -2.26. The molecule has 1 aliphatic heterocycles. The maximum Gasteiger partial charge on any atom is 0.209 e. The third-order valence-corrected chi connectivity index (χ3v) is 6.55. The van der Waals surface area contributed by atoms with Crippen LogP contribution in [0.5, 0.6) is 0 Å². The van der Waals surface area contributed by atoms with Crippen molar-refractivity contribution in [3.8, 4) is 0 Å². The van der Waals surface area contributed by atoms with Gasteiger partial charge in [-0.05, 0) is 61.9 Å². The molecule has 0 bridgehead atoms. The van der Waals surface area contributed by atoms with E-state index in [-0.39, 0.29) is 5.41 Å². The molecule has 0 N–H and O–H groups in total. The first kappa shape index (κ1) is 21.0. The number of allylic oxidation sites excluding steroid dienone is 1. The molecule has 0 radical (unpaired) electrons. The van der Waals surface area contributed by atoms with Gasteiger partial charge in [0.2, 0.25) is 5.69 Å². The number of para-hydroxylation sites is 3. The normalized spacial score (nSPS) is 14.5. The summed E-state index contributed by atoms with van der Waals surface area (Å²) in [6.07, 6.45) is 4.49. The third-order valence-electron chi connectivity index (χ3n) is 6.55. The highest BCUT2D eigenvalue weighted by atomic mass is 15.1. The van der Waals surface area contributed by atoms with E-state index >= 15 is 0 Å². The van der Waals surface area contributed by atoms with Gasteiger partial charge in [-0.15, -0.1) is 0 Å². The standard InChI is InChI=1S/C31H29N2/c1-31(2)28-16-10-11-17-29(28)32(3)30(31)23-20-24-18-21-27(22-19-24)33(25-12-6-4-7-13-25)26-14-8-5-9-15-26/h4-23H,1-3H3/q+1. The highest BCUT2D eigenvalue weighted by Gasteiger charge is 2.42. The molecular formula is C31H29N2+. The Hall–Kier alpha value is -3.91. The van der Waals surface area contributed by atoms with Gasteiger partial charge < -0.3 is 4.90 Å². The van der Waals surface area contributed by atoms with Gasteiger partial charge in [0.15, 0.2) is 5.71 Å². The number of hydrogen-bond donors (Lipinski definition) is 0. The van der Waals surface area contributed by atoms with Crippen LogP contribution in [0.15, 0.2) is 115 Å². The van der Waals surface area contributed by atoms with E-state index in [9.17, 15) is 0 Å². The highest BCUT2D eigenvalue weighted by Crippen LogP contribution is 2.39. The van der Waals surface area contributed by atoms with Crippen molar-refractivity contribution in [3.63, 3.8) is 0 Å². The Morgan fingerprint density at radius 2 is 1.12 bits per heavy atom. The number of fused-ring (bicyclic) bond motifs is 1. The molecule has 0 saturated carbocycles. The molecule has 4 aromatic carbocycles. The zero-order valence-corrected chi connectivity index (χ0v) is 19.4. The Labute approximate surface area is 196 Å². The maximum atomic E-state index is 2.31. The topological polar surface area (TPSA) is 6.25 Å². The lowest BCUT2D eigenvalue weighted by Gasteiger charge is -2.25. The summed E-state index contributed by atoms with van der Waals surface area (Å²) >= 11 is 0. The molecule has 0 atom stereocenters. The third kappa shape index (κ3) is 3.89. The van der Waals surface area contributed by atoms with Crippen LogP contribution in [0.25, 0.3) is 6.08 Å². The highest BCUT2D eigenvalue weighted by molar-refractivity contribution is 6.05. The second-order valence-corrected chi connectivity index (χ2v) is 9.02. The van der Waals surface area contributed by atoms with Gasteiger partial charge in [-0.3, -0.25) is 0 Å². The molecule has 0 spiro atoms. The molecule has 4 aromatic rings. The fourth-order valence-electron chi connectivity index (χ4n) is 4.81. The monoisotopic (exact) mass is 429 g/mol. The average molecular weight is 430 g/mol. The van der Waals surface area contributed by atoms with E-state index in [0.717, 1.165) is 17.1 Å². The van der Waals surface area contributed by atoms with Gasteiger partial charge in [0.25, 0.3) is 0 Å². The Bertz CT molecular complexity index is 1270. The van der Waals surface area contributed by atoms with Crippen molar-refractivity contribution >= 4 is 34.5 Å². The summed E-state index contributed by atoms with van der Waals surface area (Å²) in [4.78, 5) is 2.28. The fourth-order valence-corrected chi connectivity index (χ4v) is 4.81. The fraction of sp³-hybridized carbons (Fsp3) is 0.129. The predicted octanol–water partition coefficient (Wildman–Crippen LogP) is 7.88. The van der Waals surface area contributed by atoms with E-state index < -0.39 is 0 Å². The zero-order chi connectivity index (χ0) is 22.8. The Balaban J connectivity index is 1.45. The second-order valence-electron chi connectivity index (χ2n) is 9.02. The van der Waals surface area contributed by atoms with Crippen LogP contribution < -0.4 is 4.90 Å². The molecule has 0 unspecified atom stereocenters. The van der Waals surface area contributed by atoms with Crippen molar-refractivity contribution in [2.75, 3.05) is 11.9 Å². The summed E-state index contributed by atoms with van der Waals surface area (Å²) in [7, 11) is 2.16. The summed E-state index contributed by atoms with van der Waals surface area (Å²) in [5.74, 6) is 0. The number of nitrogens with zero attached hydrogens (tertiary/aromatic N) is 2. The van der Waals surface area contributed by atoms with Crippen molar-refractivity contribution in [3.05, 3.63) is 126 Å². The number of anilines is 3. The van der Waals surface area contributed by atoms with Gasteiger partial charge in [-0.25, -0.2) is 0 Å². The van der Waals surface area contributed by atoms with E-state index in [2.05, 4.69) is 152 Å². The van der Waals surface area contributed by atoms with Gasteiger partial charge in [0.05, 0.1) is 5.41 Å².